The van der Waals surface area contributed by atoms with Gasteiger partial charge in [-0.2, -0.15) is 0 Å². The topological polar surface area (TPSA) is 29.3 Å². The van der Waals surface area contributed by atoms with Crippen LogP contribution in [0.3, 0.4) is 0 Å². The fourth-order valence-electron chi connectivity index (χ4n) is 2.38. The Bertz CT molecular complexity index is 316. The minimum atomic E-state index is 0.471. The number of benzene rings is 1. The van der Waals surface area contributed by atoms with Crippen molar-refractivity contribution < 1.29 is 0 Å². The lowest BCUT2D eigenvalue weighted by atomic mass is 9.94. The molecular weight excluding hydrogens is 196 g/mol. The van der Waals surface area contributed by atoms with Crippen LogP contribution in [0.1, 0.15) is 39.3 Å². The van der Waals surface area contributed by atoms with Crippen LogP contribution in [0.25, 0.3) is 0 Å². The van der Waals surface area contributed by atoms with Gasteiger partial charge in [-0.15, -0.1) is 0 Å². The van der Waals surface area contributed by atoms with Crippen molar-refractivity contribution in [3.63, 3.8) is 0 Å². The van der Waals surface area contributed by atoms with Crippen LogP contribution >= 0.6 is 0 Å². The average Bonchev–Trinajstić information content (AvgIpc) is 2.24. The lowest BCUT2D eigenvalue weighted by molar-refractivity contribution is 0.172. The van der Waals surface area contributed by atoms with Crippen LogP contribution in [0.4, 0.5) is 5.69 Å². The normalized spacial score (nSPS) is 13.4. The third kappa shape index (κ3) is 2.99. The summed E-state index contributed by atoms with van der Waals surface area (Å²) in [6.07, 6.45) is 0. The van der Waals surface area contributed by atoms with Crippen LogP contribution in [0.5, 0.6) is 0 Å². The number of nitrogens with two attached hydrogens (primary N) is 1. The van der Waals surface area contributed by atoms with Crippen molar-refractivity contribution >= 4 is 5.69 Å². The molecular formula is C14H24N2. The Kier molecular flexibility index (Phi) is 4.81. The van der Waals surface area contributed by atoms with Gasteiger partial charge in [-0.3, -0.25) is 4.90 Å². The molecule has 1 rings (SSSR count). The maximum atomic E-state index is 5.86. The van der Waals surface area contributed by atoms with E-state index in [1.165, 1.54) is 5.56 Å². The van der Waals surface area contributed by atoms with Crippen molar-refractivity contribution in [2.75, 3.05) is 18.8 Å². The van der Waals surface area contributed by atoms with Crippen molar-refractivity contribution in [2.45, 2.75) is 33.7 Å². The summed E-state index contributed by atoms with van der Waals surface area (Å²) in [6.45, 7) is 11.1. The van der Waals surface area contributed by atoms with Gasteiger partial charge < -0.3 is 5.73 Å². The maximum Gasteiger partial charge on any atom is 0.0371 e. The molecule has 2 N–H and O–H groups in total. The van der Waals surface area contributed by atoms with Gasteiger partial charge in [-0.1, -0.05) is 39.8 Å². The quantitative estimate of drug-likeness (QED) is 0.771. The second-order valence-electron chi connectivity index (χ2n) is 4.58. The van der Waals surface area contributed by atoms with E-state index in [0.717, 1.165) is 18.8 Å². The molecule has 1 aromatic carbocycles. The number of hydrogen-bond acceptors (Lipinski definition) is 2. The van der Waals surface area contributed by atoms with Crippen LogP contribution in [-0.4, -0.2) is 18.0 Å². The zero-order valence-electron chi connectivity index (χ0n) is 10.9. The third-order valence-electron chi connectivity index (χ3n) is 3.09. The molecule has 2 nitrogen and oxygen atoms in total. The molecule has 0 aromatic heterocycles. The molecule has 0 fully saturated rings. The molecule has 90 valence electrons. The number of rotatable bonds is 5. The Balaban J connectivity index is 3.02. The largest absolute Gasteiger partial charge is 0.399 e. The van der Waals surface area contributed by atoms with Gasteiger partial charge in [0.25, 0.3) is 0 Å². The van der Waals surface area contributed by atoms with Crippen LogP contribution in [0.2, 0.25) is 0 Å². The van der Waals surface area contributed by atoms with Gasteiger partial charge in [0, 0.05) is 11.7 Å². The molecule has 0 spiro atoms. The Morgan fingerprint density at radius 3 is 2.25 bits per heavy atom. The number of anilines is 1. The molecule has 0 aliphatic carbocycles. The Hall–Kier alpha value is -1.02. The molecule has 16 heavy (non-hydrogen) atoms. The molecule has 0 aliphatic heterocycles. The highest BCUT2D eigenvalue weighted by Gasteiger charge is 2.21. The molecule has 1 atom stereocenters. The van der Waals surface area contributed by atoms with Gasteiger partial charge in [0.1, 0.15) is 0 Å². The first-order valence-corrected chi connectivity index (χ1v) is 6.19. The van der Waals surface area contributed by atoms with E-state index in [0.29, 0.717) is 12.0 Å². The zero-order chi connectivity index (χ0) is 12.1. The molecule has 0 amide bonds. The van der Waals surface area contributed by atoms with Crippen LogP contribution in [-0.2, 0) is 0 Å². The van der Waals surface area contributed by atoms with Crippen molar-refractivity contribution in [2.24, 2.45) is 5.92 Å². The molecule has 2 heteroatoms. The van der Waals surface area contributed by atoms with Crippen LogP contribution < -0.4 is 5.73 Å². The number of nitrogen functional groups attached to an aromatic ring is 1. The van der Waals surface area contributed by atoms with E-state index in [-0.39, 0.29) is 0 Å². The summed E-state index contributed by atoms with van der Waals surface area (Å²) in [5.41, 5.74) is 8.05. The average molecular weight is 220 g/mol. The van der Waals surface area contributed by atoms with E-state index >= 15 is 0 Å². The molecule has 1 aromatic rings. The highest BCUT2D eigenvalue weighted by molar-refractivity contribution is 5.41. The fourth-order valence-corrected chi connectivity index (χ4v) is 2.38. The fraction of sp³-hybridized carbons (Fsp3) is 0.571. The summed E-state index contributed by atoms with van der Waals surface area (Å²) in [4.78, 5) is 2.49. The molecule has 0 saturated heterocycles. The summed E-state index contributed by atoms with van der Waals surface area (Å²) in [7, 11) is 0. The van der Waals surface area contributed by atoms with E-state index < -0.39 is 0 Å². The third-order valence-corrected chi connectivity index (χ3v) is 3.09. The SMILES string of the molecule is CCN(CC)C(c1cccc(N)c1)C(C)C. The zero-order valence-corrected chi connectivity index (χ0v) is 10.9. The predicted molar refractivity (Wildman–Crippen MR) is 71.4 cm³/mol. The van der Waals surface area contributed by atoms with E-state index in [9.17, 15) is 0 Å². The molecule has 0 aliphatic rings. The van der Waals surface area contributed by atoms with Gasteiger partial charge >= 0.3 is 0 Å². The first-order chi connectivity index (χ1) is 7.60. The predicted octanol–water partition coefficient (Wildman–Crippen LogP) is 3.31. The first kappa shape index (κ1) is 13.0. The van der Waals surface area contributed by atoms with Crippen LogP contribution in [0.15, 0.2) is 24.3 Å². The van der Waals surface area contributed by atoms with Crippen molar-refractivity contribution in [1.29, 1.82) is 0 Å². The highest BCUT2D eigenvalue weighted by Crippen LogP contribution is 2.29. The molecule has 1 unspecified atom stereocenters. The van der Waals surface area contributed by atoms with Gasteiger partial charge in [-0.25, -0.2) is 0 Å². The smallest absolute Gasteiger partial charge is 0.0371 e. The minimum Gasteiger partial charge on any atom is -0.399 e. The van der Waals surface area contributed by atoms with Crippen molar-refractivity contribution in [3.8, 4) is 0 Å². The second-order valence-corrected chi connectivity index (χ2v) is 4.58. The Labute approximate surface area is 99.5 Å². The Morgan fingerprint density at radius 2 is 1.81 bits per heavy atom. The minimum absolute atomic E-state index is 0.471. The number of nitrogens with zero attached hydrogens (tertiary/aromatic N) is 1. The summed E-state index contributed by atoms with van der Waals surface area (Å²) >= 11 is 0. The van der Waals surface area contributed by atoms with Gasteiger partial charge in [0.05, 0.1) is 0 Å². The molecule has 0 radical (unpaired) electrons. The van der Waals surface area contributed by atoms with E-state index in [1.54, 1.807) is 0 Å². The summed E-state index contributed by atoms with van der Waals surface area (Å²) < 4.78 is 0. The first-order valence-electron chi connectivity index (χ1n) is 6.19. The van der Waals surface area contributed by atoms with Gasteiger partial charge in [0.2, 0.25) is 0 Å². The second kappa shape index (κ2) is 5.90. The van der Waals surface area contributed by atoms with Crippen molar-refractivity contribution in [1.82, 2.24) is 4.90 Å². The standard InChI is InChI=1S/C14H24N2/c1-5-16(6-2)14(11(3)4)12-8-7-9-13(15)10-12/h7-11,14H,5-6,15H2,1-4H3. The number of hydrogen-bond donors (Lipinski definition) is 1. The molecule has 0 saturated carbocycles. The van der Waals surface area contributed by atoms with E-state index in [1.807, 2.05) is 12.1 Å². The van der Waals surface area contributed by atoms with Gasteiger partial charge in [0.15, 0.2) is 0 Å². The maximum absolute atomic E-state index is 5.86. The van der Waals surface area contributed by atoms with Gasteiger partial charge in [-0.05, 0) is 36.7 Å². The summed E-state index contributed by atoms with van der Waals surface area (Å²) in [5.74, 6) is 0.599. The van der Waals surface area contributed by atoms with Crippen molar-refractivity contribution in [3.05, 3.63) is 29.8 Å². The lowest BCUT2D eigenvalue weighted by Crippen LogP contribution is -2.31. The molecule has 0 bridgehead atoms. The monoisotopic (exact) mass is 220 g/mol. The van der Waals surface area contributed by atoms with Crippen LogP contribution in [0, 0.1) is 5.92 Å². The summed E-state index contributed by atoms with van der Waals surface area (Å²) in [5, 5.41) is 0. The summed E-state index contributed by atoms with van der Waals surface area (Å²) in [6, 6.07) is 8.74. The molecule has 0 heterocycles. The van der Waals surface area contributed by atoms with E-state index in [2.05, 4.69) is 44.7 Å². The lowest BCUT2D eigenvalue weighted by Gasteiger charge is -2.33. The Morgan fingerprint density at radius 1 is 1.19 bits per heavy atom. The van der Waals surface area contributed by atoms with E-state index in [4.69, 9.17) is 5.73 Å². The highest BCUT2D eigenvalue weighted by atomic mass is 15.1.